The molecule has 2 amide bonds. The van der Waals surface area contributed by atoms with E-state index < -0.39 is 47.4 Å². The number of nitrogens with one attached hydrogen (secondary N) is 2. The van der Waals surface area contributed by atoms with E-state index in [4.69, 9.17) is 31.8 Å². The number of amides is 2. The summed E-state index contributed by atoms with van der Waals surface area (Å²) in [6.07, 6.45) is 12.6. The van der Waals surface area contributed by atoms with Crippen molar-refractivity contribution >= 4 is 52.7 Å². The molecule has 2 aromatic rings. The van der Waals surface area contributed by atoms with Gasteiger partial charge in [0.15, 0.2) is 18.2 Å². The van der Waals surface area contributed by atoms with Gasteiger partial charge in [-0.1, -0.05) is 90.7 Å². The number of fused-ring (bicyclic) bond motifs is 6. The van der Waals surface area contributed by atoms with Crippen molar-refractivity contribution in [3.63, 3.8) is 0 Å². The first-order chi connectivity index (χ1) is 37.7. The lowest BCUT2D eigenvalue weighted by Crippen LogP contribution is -3.00. The van der Waals surface area contributed by atoms with Crippen molar-refractivity contribution in [2.75, 3.05) is 57.9 Å². The number of piperidine rings is 6. The molecule has 2 unspecified atom stereocenters. The van der Waals surface area contributed by atoms with Gasteiger partial charge in [0.2, 0.25) is 0 Å². The number of halogens is 2. The third kappa shape index (κ3) is 31.4. The second-order valence-electron chi connectivity index (χ2n) is 20.1. The number of ether oxygens (including phenoxy) is 5. The number of benzene rings is 2. The van der Waals surface area contributed by atoms with Crippen LogP contribution < -0.4 is 34.6 Å². The Kier molecular flexibility index (Phi) is 36.5. The summed E-state index contributed by atoms with van der Waals surface area (Å²) in [7, 11) is 2.23. The molecule has 430 valence electrons. The summed E-state index contributed by atoms with van der Waals surface area (Å²) >= 11 is 2.15. The molecule has 0 spiro atoms. The van der Waals surface area contributed by atoms with Gasteiger partial charge in [0.05, 0.1) is 26.7 Å². The topological polar surface area (TPSA) is 159 Å². The van der Waals surface area contributed by atoms with E-state index in [9.17, 15) is 24.0 Å². The maximum absolute atomic E-state index is 13.0. The summed E-state index contributed by atoms with van der Waals surface area (Å²) < 4.78 is 27.7. The minimum atomic E-state index is -0.874. The number of nitrogens with zero attached hydrogens (tertiary/aromatic N) is 2. The standard InChI is InChI=1S/C21H30N2O4.C20H28N2O4.C18H2.C4H8O2.CH3I.CH4.HI/c1-21(2,3)27-20(25)22-18(16-8-6-5-7-9-16)19(24)26-17-14-23(4)12-10-15(17)11-13-23;1-20(2,3)26-19(24)21-17(15-7-5-4-6-8-15)18(23)25-16-13-22-11-9-14(16)10-12-22;1-3-5-7-9-11-13-15-17-18-16-14-12-10-8-6-4-2;1-3-6-4(2)5;1-2;;/h5-9,15,17-18H,10-14H2,1-4H3;4-8,14,16-17H,9-13H2,1-3H3,(H,21,24);1-2H;3H2,1-2H3;1H3;1H4;1H/t15?,17-,18?,23?;16-,17?;;;;;/m00...../s1. The van der Waals surface area contributed by atoms with Crippen LogP contribution in [0.25, 0.3) is 0 Å². The number of alkyl carbamates (subject to hydrolysis) is 2. The molecule has 2 N–H and O–H groups in total. The first kappa shape index (κ1) is 73.8. The van der Waals surface area contributed by atoms with Gasteiger partial charge in [-0.05, 0) is 191 Å². The first-order valence-electron chi connectivity index (χ1n) is 25.6. The van der Waals surface area contributed by atoms with Gasteiger partial charge in [0.1, 0.15) is 23.9 Å². The summed E-state index contributed by atoms with van der Waals surface area (Å²) in [4.78, 5) is 64.5. The molecule has 16 heteroatoms. The molecule has 6 heterocycles. The fourth-order valence-electron chi connectivity index (χ4n) is 8.31. The fourth-order valence-corrected chi connectivity index (χ4v) is 8.31. The number of likely N-dealkylation sites (N-methyl/N-ethyl adjacent to an activating group) is 1. The van der Waals surface area contributed by atoms with E-state index in [0.717, 1.165) is 69.4 Å². The molecule has 0 aromatic heterocycles. The maximum Gasteiger partial charge on any atom is 0.408 e. The Bertz CT molecular complexity index is 2820. The predicted molar refractivity (Wildman–Crippen MR) is 321 cm³/mol. The van der Waals surface area contributed by atoms with Crippen molar-refractivity contribution in [2.24, 2.45) is 11.8 Å². The lowest BCUT2D eigenvalue weighted by atomic mass is 9.84. The second kappa shape index (κ2) is 40.1. The maximum atomic E-state index is 13.0. The zero-order valence-corrected chi connectivity index (χ0v) is 51.7. The summed E-state index contributed by atoms with van der Waals surface area (Å²) in [5, 5.41) is 5.37. The molecule has 81 heavy (non-hydrogen) atoms. The van der Waals surface area contributed by atoms with Crippen molar-refractivity contribution in [1.82, 2.24) is 15.5 Å². The number of alkyl halides is 1. The second-order valence-corrected chi connectivity index (χ2v) is 20.1. The lowest BCUT2D eigenvalue weighted by molar-refractivity contribution is -0.928. The van der Waals surface area contributed by atoms with Crippen LogP contribution in [0, 0.1) is 119 Å². The number of hydrogen-bond acceptors (Lipinski definition) is 11. The molecular formula is C65H76I2N4O10. The average Bonchev–Trinajstić information content (AvgIpc) is 3.42. The van der Waals surface area contributed by atoms with Crippen molar-refractivity contribution in [2.45, 2.75) is 124 Å². The number of carbonyl (C=O) groups excluding carboxylic acids is 5. The Hall–Kier alpha value is -7.19. The van der Waals surface area contributed by atoms with Gasteiger partial charge >= 0.3 is 30.1 Å². The van der Waals surface area contributed by atoms with E-state index in [1.165, 1.54) is 6.92 Å². The summed E-state index contributed by atoms with van der Waals surface area (Å²) in [6.45, 7) is 20.5. The van der Waals surface area contributed by atoms with Gasteiger partial charge in [-0.3, -0.25) is 9.69 Å². The molecule has 6 fully saturated rings. The summed E-state index contributed by atoms with van der Waals surface area (Å²) in [5.41, 5.74) is 0.106. The molecule has 4 atom stereocenters. The van der Waals surface area contributed by atoms with Crippen LogP contribution in [0.2, 0.25) is 0 Å². The van der Waals surface area contributed by atoms with Crippen LogP contribution in [0.3, 0.4) is 0 Å². The largest absolute Gasteiger partial charge is 1.00 e. The van der Waals surface area contributed by atoms with E-state index in [2.05, 4.69) is 145 Å². The number of quaternary nitrogens is 1. The highest BCUT2D eigenvalue weighted by Crippen LogP contribution is 2.35. The highest BCUT2D eigenvalue weighted by atomic mass is 127. The van der Waals surface area contributed by atoms with E-state index in [-0.39, 0.29) is 49.6 Å². The van der Waals surface area contributed by atoms with Crippen molar-refractivity contribution in [3.05, 3.63) is 71.8 Å². The summed E-state index contributed by atoms with van der Waals surface area (Å²) in [5.74, 6) is 38.0. The molecule has 0 radical (unpaired) electrons. The van der Waals surface area contributed by atoms with Crippen LogP contribution in [0.5, 0.6) is 0 Å². The Labute approximate surface area is 513 Å². The van der Waals surface area contributed by atoms with Crippen molar-refractivity contribution in [3.8, 4) is 108 Å². The highest BCUT2D eigenvalue weighted by molar-refractivity contribution is 14.1. The van der Waals surface area contributed by atoms with Crippen molar-refractivity contribution in [1.29, 1.82) is 0 Å². The van der Waals surface area contributed by atoms with Crippen LogP contribution in [-0.4, -0.2) is 121 Å². The third-order valence-electron chi connectivity index (χ3n) is 11.7. The Morgan fingerprint density at radius 2 is 0.963 bits per heavy atom. The number of carbonyl (C=O) groups is 5. The molecule has 6 aliphatic heterocycles. The SMILES string of the molecule is C.C#CC#CC#CC#CC#CC#CC#CC#CC#C.CC(C)(C)OC(=O)NC(C(=O)O[C@H]1CN2CCC1CC2)c1ccccc1.CC(C)(C)OC(=O)NC(C(=O)O[C@H]1C[N+]2(C)CCC1CC2)c1ccccc1.CCOC(C)=O.CI.[I-]. The number of hydrogen-bond donors (Lipinski definition) is 2. The highest BCUT2D eigenvalue weighted by Gasteiger charge is 2.46. The molecule has 4 bridgehead atoms. The van der Waals surface area contributed by atoms with Gasteiger partial charge in [0.25, 0.3) is 0 Å². The van der Waals surface area contributed by atoms with E-state index in [1.807, 2.05) is 53.5 Å². The monoisotopic (exact) mass is 1330 g/mol. The van der Waals surface area contributed by atoms with E-state index >= 15 is 0 Å². The Balaban J connectivity index is 0.00000112. The van der Waals surface area contributed by atoms with Crippen LogP contribution >= 0.6 is 22.6 Å². The van der Waals surface area contributed by atoms with Crippen molar-refractivity contribution < 1.29 is 76.1 Å². The van der Waals surface area contributed by atoms with Gasteiger partial charge in [-0.2, -0.15) is 0 Å². The Morgan fingerprint density at radius 3 is 1.25 bits per heavy atom. The van der Waals surface area contributed by atoms with Crippen LogP contribution in [-0.2, 0) is 38.1 Å². The first-order valence-corrected chi connectivity index (χ1v) is 27.8. The fraction of sp³-hybridized carbons (Fsp3) is 0.462. The number of terminal acetylenes is 2. The van der Waals surface area contributed by atoms with Crippen LogP contribution in [0.4, 0.5) is 9.59 Å². The molecule has 8 rings (SSSR count). The van der Waals surface area contributed by atoms with Crippen LogP contribution in [0.15, 0.2) is 60.7 Å². The Morgan fingerprint density at radius 1 is 0.617 bits per heavy atom. The molecule has 2 aromatic carbocycles. The quantitative estimate of drug-likeness (QED) is 0.0821. The minimum Gasteiger partial charge on any atom is -1.00 e. The van der Waals surface area contributed by atoms with Crippen LogP contribution in [0.1, 0.15) is 112 Å². The normalized spacial score (nSPS) is 19.2. The molecule has 0 aliphatic carbocycles. The van der Waals surface area contributed by atoms with E-state index in [0.29, 0.717) is 29.6 Å². The van der Waals surface area contributed by atoms with E-state index in [1.54, 1.807) is 60.6 Å². The number of esters is 3. The molecule has 6 aliphatic rings. The number of rotatable bonds is 9. The minimum absolute atomic E-state index is 0. The van der Waals surface area contributed by atoms with Gasteiger partial charge in [0, 0.05) is 32.2 Å². The van der Waals surface area contributed by atoms with Gasteiger partial charge < -0.3 is 62.8 Å². The van der Waals surface area contributed by atoms with Gasteiger partial charge in [-0.25, -0.2) is 19.2 Å². The predicted octanol–water partition coefficient (Wildman–Crippen LogP) is 5.46. The van der Waals surface area contributed by atoms with Gasteiger partial charge in [-0.15, -0.1) is 12.8 Å². The smallest absolute Gasteiger partial charge is 0.408 e. The zero-order valence-electron chi connectivity index (χ0n) is 47.4. The summed E-state index contributed by atoms with van der Waals surface area (Å²) in [6, 6.07) is 16.6. The zero-order chi connectivity index (χ0) is 58.7. The lowest BCUT2D eigenvalue weighted by Gasteiger charge is -2.49. The molecular weight excluding hydrogens is 1250 g/mol. The molecule has 0 saturated carbocycles. The average molecular weight is 1330 g/mol. The molecule has 6 saturated heterocycles. The molecule has 14 nitrogen and oxygen atoms in total. The third-order valence-corrected chi connectivity index (χ3v) is 11.7.